The van der Waals surface area contributed by atoms with Crippen LogP contribution in [0.4, 0.5) is 0 Å². The molecule has 1 aromatic heterocycles. The van der Waals surface area contributed by atoms with Crippen LogP contribution >= 0.6 is 0 Å². The fourth-order valence-corrected chi connectivity index (χ4v) is 1.06. The average molecular weight is 165 g/mol. The normalized spacial score (nSPS) is 21.4. The zero-order valence-corrected chi connectivity index (χ0v) is 6.47. The van der Waals surface area contributed by atoms with E-state index in [4.69, 9.17) is 4.74 Å². The maximum Gasteiger partial charge on any atom is 0.351 e. The third-order valence-electron chi connectivity index (χ3n) is 1.65. The Morgan fingerprint density at radius 3 is 3.00 bits per heavy atom. The van der Waals surface area contributed by atoms with Crippen LogP contribution in [0, 0.1) is 0 Å². The van der Waals surface area contributed by atoms with E-state index < -0.39 is 12.2 Å². The number of hydrogen-bond donors (Lipinski definition) is 0. The van der Waals surface area contributed by atoms with Crippen LogP contribution in [0.3, 0.4) is 0 Å². The van der Waals surface area contributed by atoms with Crippen LogP contribution in [0.2, 0.25) is 0 Å². The van der Waals surface area contributed by atoms with Crippen LogP contribution in [0.25, 0.3) is 0 Å². The summed E-state index contributed by atoms with van der Waals surface area (Å²) in [6.07, 6.45) is 2.30. The molecule has 5 heteroatoms. The maximum atomic E-state index is 10.7. The predicted octanol–water partition coefficient (Wildman–Crippen LogP) is 0.0463. The van der Waals surface area contributed by atoms with Crippen molar-refractivity contribution in [2.75, 3.05) is 0 Å². The molecule has 1 aliphatic heterocycles. The highest BCUT2D eigenvalue weighted by atomic mass is 16.6. The van der Waals surface area contributed by atoms with Crippen molar-refractivity contribution in [2.24, 2.45) is 12.0 Å². The zero-order chi connectivity index (χ0) is 8.55. The van der Waals surface area contributed by atoms with Gasteiger partial charge in [0.15, 0.2) is 0 Å². The van der Waals surface area contributed by atoms with Gasteiger partial charge in [0, 0.05) is 13.2 Å². The number of hydrogen-bond acceptors (Lipinski definition) is 4. The molecule has 0 spiro atoms. The van der Waals surface area contributed by atoms with Crippen molar-refractivity contribution < 1.29 is 9.53 Å². The van der Waals surface area contributed by atoms with Crippen molar-refractivity contribution >= 4 is 12.2 Å². The second-order valence-electron chi connectivity index (χ2n) is 2.45. The topological polar surface area (TPSA) is 56.5 Å². The van der Waals surface area contributed by atoms with Gasteiger partial charge in [0.05, 0.1) is 0 Å². The number of aromatic nitrogens is 2. The van der Waals surface area contributed by atoms with E-state index in [2.05, 4.69) is 10.1 Å². The SMILES string of the molecule is Cn1nccc1C1N=CC(=O)O1. The Labute approximate surface area is 68.7 Å². The molecule has 1 atom stereocenters. The highest BCUT2D eigenvalue weighted by Gasteiger charge is 2.22. The Kier molecular flexibility index (Phi) is 1.43. The lowest BCUT2D eigenvalue weighted by Crippen LogP contribution is -2.06. The monoisotopic (exact) mass is 165 g/mol. The lowest BCUT2D eigenvalue weighted by atomic mass is 10.4. The average Bonchev–Trinajstić information content (AvgIpc) is 2.58. The zero-order valence-electron chi connectivity index (χ0n) is 6.47. The summed E-state index contributed by atoms with van der Waals surface area (Å²) in [7, 11) is 1.77. The first-order chi connectivity index (χ1) is 5.77. The molecule has 0 radical (unpaired) electrons. The first kappa shape index (κ1) is 7.02. The first-order valence-corrected chi connectivity index (χ1v) is 3.49. The van der Waals surface area contributed by atoms with Gasteiger partial charge in [-0.15, -0.1) is 0 Å². The van der Waals surface area contributed by atoms with Gasteiger partial charge in [-0.3, -0.25) is 4.68 Å². The van der Waals surface area contributed by atoms with Crippen LogP contribution in [0.5, 0.6) is 0 Å². The molecular weight excluding hydrogens is 158 g/mol. The van der Waals surface area contributed by atoms with Crippen LogP contribution in [-0.2, 0) is 16.6 Å². The molecule has 5 nitrogen and oxygen atoms in total. The lowest BCUT2D eigenvalue weighted by Gasteiger charge is -2.06. The molecule has 62 valence electrons. The van der Waals surface area contributed by atoms with Crippen molar-refractivity contribution in [1.29, 1.82) is 0 Å². The molecule has 1 aromatic rings. The number of carbonyl (C=O) groups excluding carboxylic acids is 1. The first-order valence-electron chi connectivity index (χ1n) is 3.49. The van der Waals surface area contributed by atoms with E-state index in [0.29, 0.717) is 0 Å². The van der Waals surface area contributed by atoms with Gasteiger partial charge >= 0.3 is 5.97 Å². The number of ether oxygens (including phenoxy) is 1. The van der Waals surface area contributed by atoms with Crippen LogP contribution < -0.4 is 0 Å². The highest BCUT2D eigenvalue weighted by Crippen LogP contribution is 2.20. The number of rotatable bonds is 1. The molecule has 0 aliphatic carbocycles. The van der Waals surface area contributed by atoms with Crippen LogP contribution in [-0.4, -0.2) is 22.0 Å². The predicted molar refractivity (Wildman–Crippen MR) is 40.5 cm³/mol. The molecule has 0 saturated carbocycles. The molecular formula is C7H7N3O2. The van der Waals surface area contributed by atoms with Crippen molar-refractivity contribution in [2.45, 2.75) is 6.23 Å². The Hall–Kier alpha value is -1.65. The summed E-state index contributed by atoms with van der Waals surface area (Å²) in [5.74, 6) is -0.402. The van der Waals surface area contributed by atoms with Gasteiger partial charge in [-0.1, -0.05) is 0 Å². The Morgan fingerprint density at radius 1 is 1.67 bits per heavy atom. The summed E-state index contributed by atoms with van der Waals surface area (Å²) in [5, 5.41) is 3.94. The fraction of sp³-hybridized carbons (Fsp3) is 0.286. The van der Waals surface area contributed by atoms with E-state index in [1.165, 1.54) is 6.21 Å². The van der Waals surface area contributed by atoms with Crippen molar-refractivity contribution in [3.8, 4) is 0 Å². The lowest BCUT2D eigenvalue weighted by molar-refractivity contribution is -0.137. The van der Waals surface area contributed by atoms with Crippen LogP contribution in [0.15, 0.2) is 17.3 Å². The van der Waals surface area contributed by atoms with Gasteiger partial charge in [-0.25, -0.2) is 9.79 Å². The summed E-state index contributed by atoms with van der Waals surface area (Å²) in [5.41, 5.74) is 0.775. The molecule has 12 heavy (non-hydrogen) atoms. The van der Waals surface area contributed by atoms with Gasteiger partial charge in [0.25, 0.3) is 0 Å². The molecule has 0 aromatic carbocycles. The third-order valence-corrected chi connectivity index (χ3v) is 1.65. The molecule has 0 bridgehead atoms. The van der Waals surface area contributed by atoms with Gasteiger partial charge < -0.3 is 4.74 Å². The Bertz CT molecular complexity index is 342. The van der Waals surface area contributed by atoms with Gasteiger partial charge in [0.2, 0.25) is 6.23 Å². The summed E-state index contributed by atoms with van der Waals surface area (Å²) in [6, 6.07) is 1.76. The number of aliphatic imine (C=N–C) groups is 1. The van der Waals surface area contributed by atoms with E-state index in [1.807, 2.05) is 0 Å². The Morgan fingerprint density at radius 2 is 2.50 bits per heavy atom. The van der Waals surface area contributed by atoms with Gasteiger partial charge in [-0.2, -0.15) is 5.10 Å². The summed E-state index contributed by atoms with van der Waals surface area (Å²) in [6.45, 7) is 0. The minimum Gasteiger partial charge on any atom is -0.429 e. The summed E-state index contributed by atoms with van der Waals surface area (Å²) >= 11 is 0. The molecule has 1 unspecified atom stereocenters. The summed E-state index contributed by atoms with van der Waals surface area (Å²) in [4.78, 5) is 14.5. The molecule has 0 fully saturated rings. The number of nitrogens with zero attached hydrogens (tertiary/aromatic N) is 3. The quantitative estimate of drug-likeness (QED) is 0.552. The van der Waals surface area contributed by atoms with E-state index >= 15 is 0 Å². The van der Waals surface area contributed by atoms with E-state index in [1.54, 1.807) is 24.0 Å². The van der Waals surface area contributed by atoms with Crippen molar-refractivity contribution in [1.82, 2.24) is 9.78 Å². The minimum absolute atomic E-state index is 0.402. The molecule has 2 heterocycles. The second-order valence-corrected chi connectivity index (χ2v) is 2.45. The van der Waals surface area contributed by atoms with Crippen molar-refractivity contribution in [3.05, 3.63) is 18.0 Å². The standard InChI is InChI=1S/C7H7N3O2/c1-10-5(2-3-9-10)7-8-4-6(11)12-7/h2-4,7H,1H3. The minimum atomic E-state index is -0.509. The van der Waals surface area contributed by atoms with Crippen molar-refractivity contribution in [3.63, 3.8) is 0 Å². The fourth-order valence-electron chi connectivity index (χ4n) is 1.06. The Balaban J connectivity index is 2.28. The molecule has 0 amide bonds. The highest BCUT2D eigenvalue weighted by molar-refractivity contribution is 6.24. The van der Waals surface area contributed by atoms with E-state index in [-0.39, 0.29) is 0 Å². The number of esters is 1. The smallest absolute Gasteiger partial charge is 0.351 e. The van der Waals surface area contributed by atoms with Gasteiger partial charge in [-0.05, 0) is 6.07 Å². The third kappa shape index (κ3) is 0.990. The van der Waals surface area contributed by atoms with E-state index in [9.17, 15) is 4.79 Å². The molecule has 1 aliphatic rings. The maximum absolute atomic E-state index is 10.7. The van der Waals surface area contributed by atoms with E-state index in [0.717, 1.165) is 5.69 Å². The number of carbonyl (C=O) groups is 1. The molecule has 0 saturated heterocycles. The molecule has 0 N–H and O–H groups in total. The molecule has 2 rings (SSSR count). The second kappa shape index (κ2) is 2.44. The largest absolute Gasteiger partial charge is 0.429 e. The number of aryl methyl sites for hydroxylation is 1. The number of cyclic esters (lactones) is 1. The summed E-state index contributed by atoms with van der Waals surface area (Å²) < 4.78 is 6.49. The van der Waals surface area contributed by atoms with Gasteiger partial charge in [0.1, 0.15) is 11.9 Å². The van der Waals surface area contributed by atoms with Crippen LogP contribution in [0.1, 0.15) is 11.9 Å².